The molecule has 0 saturated carbocycles. The zero-order valence-electron chi connectivity index (χ0n) is 25.6. The first kappa shape index (κ1) is 33.2. The number of thioether (sulfide) groups is 1. The van der Waals surface area contributed by atoms with Crippen LogP contribution < -0.4 is 20.3 Å². The first-order valence-corrected chi connectivity index (χ1v) is 16.3. The van der Waals surface area contributed by atoms with Crippen molar-refractivity contribution in [2.24, 2.45) is 0 Å². The molecule has 4 amide bonds. The van der Waals surface area contributed by atoms with Gasteiger partial charge in [-0.05, 0) is 103 Å². The average Bonchev–Trinajstić information content (AvgIpc) is 3.37. The molecule has 0 unspecified atom stereocenters. The lowest BCUT2D eigenvalue weighted by Crippen LogP contribution is -2.31. The van der Waals surface area contributed by atoms with E-state index in [1.165, 1.54) is 36.0 Å². The van der Waals surface area contributed by atoms with E-state index in [0.717, 1.165) is 4.90 Å². The Morgan fingerprint density at radius 1 is 0.837 bits per heavy atom. The maximum Gasteiger partial charge on any atom is 0.272 e. The molecule has 1 saturated heterocycles. The maximum absolute atomic E-state index is 13.9. The van der Waals surface area contributed by atoms with Crippen LogP contribution in [0.3, 0.4) is 0 Å². The summed E-state index contributed by atoms with van der Waals surface area (Å²) in [5, 5.41) is 5.30. The van der Waals surface area contributed by atoms with Gasteiger partial charge >= 0.3 is 0 Å². The summed E-state index contributed by atoms with van der Waals surface area (Å²) in [6, 6.07) is 34.3. The summed E-state index contributed by atoms with van der Waals surface area (Å²) in [5.74, 6) is -1.22. The molecule has 1 fully saturated rings. The number of anilines is 2. The maximum atomic E-state index is 13.9. The number of halogens is 2. The lowest BCUT2D eigenvalue weighted by atomic mass is 10.1. The Kier molecular flexibility index (Phi) is 10.2. The van der Waals surface area contributed by atoms with E-state index in [2.05, 4.69) is 10.6 Å². The number of ether oxygens (including phenoxy) is 1. The topological polar surface area (TPSA) is 105 Å². The van der Waals surface area contributed by atoms with Crippen molar-refractivity contribution in [1.82, 2.24) is 5.32 Å². The first-order valence-electron chi connectivity index (χ1n) is 15.0. The predicted octanol–water partition coefficient (Wildman–Crippen LogP) is 8.11. The van der Waals surface area contributed by atoms with E-state index in [-0.39, 0.29) is 23.9 Å². The highest BCUT2D eigenvalue weighted by Crippen LogP contribution is 2.36. The molecule has 1 aliphatic rings. The van der Waals surface area contributed by atoms with Crippen LogP contribution in [0, 0.1) is 5.82 Å². The number of imide groups is 1. The standard InChI is InChI=1S/C38H27ClFN3O5S/c39-26-12-16-30(17-13-26)48-31-18-14-29(15-19-31)43-35(44)23-34(38(43)47)49-32-11-5-10-28(22-32)41-37(46)33(21-24-6-4-9-27(40)20-24)42-36(45)25-7-2-1-3-8-25/h1-22,34H,23H2,(H,41,46)(H,42,45)/b33-21+/t34-/m0/s1. The quantitative estimate of drug-likeness (QED) is 0.113. The number of nitrogens with zero attached hydrogens (tertiary/aromatic N) is 1. The molecule has 1 atom stereocenters. The fraction of sp³-hybridized carbons (Fsp3) is 0.0526. The molecule has 0 aliphatic carbocycles. The molecule has 5 aromatic rings. The van der Waals surface area contributed by atoms with Gasteiger partial charge in [-0.3, -0.25) is 19.2 Å². The zero-order chi connectivity index (χ0) is 34.3. The van der Waals surface area contributed by atoms with E-state index >= 15 is 0 Å². The summed E-state index contributed by atoms with van der Waals surface area (Å²) in [5.41, 5.74) is 1.43. The Bertz CT molecular complexity index is 2060. The van der Waals surface area contributed by atoms with Gasteiger partial charge in [0, 0.05) is 27.6 Å². The highest BCUT2D eigenvalue weighted by Gasteiger charge is 2.40. The normalized spacial score (nSPS) is 14.4. The van der Waals surface area contributed by atoms with Crippen molar-refractivity contribution in [3.8, 4) is 11.5 Å². The van der Waals surface area contributed by atoms with Gasteiger partial charge in [0.15, 0.2) is 0 Å². The number of benzene rings is 5. The number of hydrogen-bond acceptors (Lipinski definition) is 6. The fourth-order valence-corrected chi connectivity index (χ4v) is 6.22. The second kappa shape index (κ2) is 15.0. The third-order valence-corrected chi connectivity index (χ3v) is 8.74. The van der Waals surface area contributed by atoms with E-state index in [4.69, 9.17) is 16.3 Å². The Morgan fingerprint density at radius 2 is 1.53 bits per heavy atom. The highest BCUT2D eigenvalue weighted by atomic mass is 35.5. The lowest BCUT2D eigenvalue weighted by molar-refractivity contribution is -0.121. The Balaban J connectivity index is 1.13. The summed E-state index contributed by atoms with van der Waals surface area (Å²) >= 11 is 7.14. The molecule has 1 heterocycles. The third-order valence-electron chi connectivity index (χ3n) is 7.31. The molecule has 5 aromatic carbocycles. The summed E-state index contributed by atoms with van der Waals surface area (Å²) in [6.07, 6.45) is 1.38. The Labute approximate surface area is 290 Å². The predicted molar refractivity (Wildman–Crippen MR) is 188 cm³/mol. The van der Waals surface area contributed by atoms with Crippen LogP contribution in [0.1, 0.15) is 22.3 Å². The average molecular weight is 692 g/mol. The molecular formula is C38H27ClFN3O5S. The van der Waals surface area contributed by atoms with Gasteiger partial charge in [-0.2, -0.15) is 0 Å². The van der Waals surface area contributed by atoms with Crippen molar-refractivity contribution in [1.29, 1.82) is 0 Å². The van der Waals surface area contributed by atoms with Crippen molar-refractivity contribution in [2.75, 3.05) is 10.2 Å². The van der Waals surface area contributed by atoms with E-state index in [0.29, 0.717) is 43.9 Å². The first-order chi connectivity index (χ1) is 23.7. The molecule has 0 spiro atoms. The second-order valence-electron chi connectivity index (χ2n) is 10.8. The van der Waals surface area contributed by atoms with Gasteiger partial charge in [0.1, 0.15) is 23.0 Å². The molecule has 49 heavy (non-hydrogen) atoms. The number of carbonyl (C=O) groups excluding carboxylic acids is 4. The van der Waals surface area contributed by atoms with Gasteiger partial charge in [-0.15, -0.1) is 11.8 Å². The second-order valence-corrected chi connectivity index (χ2v) is 12.6. The van der Waals surface area contributed by atoms with E-state index in [9.17, 15) is 23.6 Å². The van der Waals surface area contributed by atoms with E-state index < -0.39 is 22.9 Å². The lowest BCUT2D eigenvalue weighted by Gasteiger charge is -2.16. The zero-order valence-corrected chi connectivity index (χ0v) is 27.2. The van der Waals surface area contributed by atoms with Crippen LogP contribution >= 0.6 is 23.4 Å². The van der Waals surface area contributed by atoms with Crippen LogP contribution in [0.5, 0.6) is 11.5 Å². The number of amides is 4. The smallest absolute Gasteiger partial charge is 0.272 e. The highest BCUT2D eigenvalue weighted by molar-refractivity contribution is 8.00. The molecule has 6 rings (SSSR count). The van der Waals surface area contributed by atoms with Gasteiger partial charge in [-0.1, -0.05) is 48.0 Å². The molecule has 11 heteroatoms. The summed E-state index contributed by atoms with van der Waals surface area (Å²) in [4.78, 5) is 54.5. The molecule has 0 bridgehead atoms. The van der Waals surface area contributed by atoms with Crippen molar-refractivity contribution in [3.05, 3.63) is 155 Å². The molecule has 8 nitrogen and oxygen atoms in total. The fourth-order valence-electron chi connectivity index (χ4n) is 4.98. The number of carbonyl (C=O) groups is 4. The Hall–Kier alpha value is -5.71. The minimum atomic E-state index is -0.683. The molecule has 1 aliphatic heterocycles. The molecule has 0 radical (unpaired) electrons. The van der Waals surface area contributed by atoms with E-state index in [1.54, 1.807) is 109 Å². The van der Waals surface area contributed by atoms with Crippen LogP contribution in [0.4, 0.5) is 15.8 Å². The summed E-state index contributed by atoms with van der Waals surface area (Å²) in [7, 11) is 0. The van der Waals surface area contributed by atoms with Crippen LogP contribution in [0.2, 0.25) is 5.02 Å². The molecule has 0 aromatic heterocycles. The van der Waals surface area contributed by atoms with Crippen LogP contribution in [0.25, 0.3) is 6.08 Å². The monoisotopic (exact) mass is 691 g/mol. The van der Waals surface area contributed by atoms with Crippen molar-refractivity contribution in [3.63, 3.8) is 0 Å². The molecule has 244 valence electrons. The minimum absolute atomic E-state index is 0.00481. The summed E-state index contributed by atoms with van der Waals surface area (Å²) in [6.45, 7) is 0. The molecule has 2 N–H and O–H groups in total. The SMILES string of the molecule is O=C(Nc1cccc(S[C@H]2CC(=O)N(c3ccc(Oc4ccc(Cl)cc4)cc3)C2=O)c1)/C(=C\c1cccc(F)c1)NC(=O)c1ccccc1. The molecular weight excluding hydrogens is 665 g/mol. The van der Waals surface area contributed by atoms with Crippen LogP contribution in [-0.4, -0.2) is 28.9 Å². The third kappa shape index (κ3) is 8.42. The summed E-state index contributed by atoms with van der Waals surface area (Å²) < 4.78 is 19.7. The van der Waals surface area contributed by atoms with Crippen LogP contribution in [-0.2, 0) is 14.4 Å². The van der Waals surface area contributed by atoms with Crippen LogP contribution in [0.15, 0.2) is 138 Å². The number of hydrogen-bond donors (Lipinski definition) is 2. The van der Waals surface area contributed by atoms with Gasteiger partial charge in [0.2, 0.25) is 11.8 Å². The van der Waals surface area contributed by atoms with Gasteiger partial charge < -0.3 is 15.4 Å². The van der Waals surface area contributed by atoms with Crippen molar-refractivity contribution < 1.29 is 28.3 Å². The van der Waals surface area contributed by atoms with Crippen molar-refractivity contribution in [2.45, 2.75) is 16.6 Å². The van der Waals surface area contributed by atoms with Gasteiger partial charge in [0.05, 0.1) is 10.9 Å². The van der Waals surface area contributed by atoms with Crippen molar-refractivity contribution >= 4 is 64.4 Å². The van der Waals surface area contributed by atoms with E-state index in [1.807, 2.05) is 0 Å². The van der Waals surface area contributed by atoms with Gasteiger partial charge in [-0.25, -0.2) is 9.29 Å². The minimum Gasteiger partial charge on any atom is -0.457 e. The largest absolute Gasteiger partial charge is 0.457 e. The van der Waals surface area contributed by atoms with Gasteiger partial charge in [0.25, 0.3) is 11.8 Å². The number of nitrogens with one attached hydrogen (secondary N) is 2. The Morgan fingerprint density at radius 3 is 2.24 bits per heavy atom. The number of rotatable bonds is 10.